The highest BCUT2D eigenvalue weighted by molar-refractivity contribution is 5.56. The van der Waals surface area contributed by atoms with Crippen LogP contribution in [0.5, 0.6) is 0 Å². The molecular formula is C16H24N4O. The summed E-state index contributed by atoms with van der Waals surface area (Å²) in [7, 11) is 1.74. The molecule has 2 aromatic heterocycles. The number of rotatable bonds is 7. The van der Waals surface area contributed by atoms with Gasteiger partial charge < -0.3 is 19.8 Å². The third-order valence-corrected chi connectivity index (χ3v) is 4.41. The molecule has 1 aliphatic rings. The van der Waals surface area contributed by atoms with Gasteiger partial charge in [-0.1, -0.05) is 6.07 Å². The lowest BCUT2D eigenvalue weighted by Crippen LogP contribution is -2.38. The Morgan fingerprint density at radius 3 is 2.95 bits per heavy atom. The molecule has 5 heteroatoms. The van der Waals surface area contributed by atoms with Crippen molar-refractivity contribution in [1.29, 1.82) is 0 Å². The molecule has 114 valence electrons. The fraction of sp³-hybridized carbons (Fsp3) is 0.562. The Bertz CT molecular complexity index is 605. The number of anilines is 1. The van der Waals surface area contributed by atoms with Crippen molar-refractivity contribution in [3.8, 4) is 0 Å². The molecule has 1 fully saturated rings. The number of hydrogen-bond acceptors (Lipinski definition) is 4. The van der Waals surface area contributed by atoms with Crippen LogP contribution in [0.25, 0.3) is 5.65 Å². The Morgan fingerprint density at radius 1 is 1.48 bits per heavy atom. The Labute approximate surface area is 125 Å². The van der Waals surface area contributed by atoms with Crippen molar-refractivity contribution in [1.82, 2.24) is 9.38 Å². The number of imidazole rings is 1. The van der Waals surface area contributed by atoms with Crippen LogP contribution >= 0.6 is 0 Å². The Kier molecular flexibility index (Phi) is 4.12. The molecule has 0 radical (unpaired) electrons. The van der Waals surface area contributed by atoms with E-state index in [9.17, 15) is 0 Å². The number of nitrogens with zero attached hydrogens (tertiary/aromatic N) is 3. The molecule has 21 heavy (non-hydrogen) atoms. The van der Waals surface area contributed by atoms with Gasteiger partial charge in [-0.3, -0.25) is 0 Å². The zero-order chi connectivity index (χ0) is 14.8. The lowest BCUT2D eigenvalue weighted by atomic mass is 10.1. The van der Waals surface area contributed by atoms with Crippen LogP contribution in [0.3, 0.4) is 0 Å². The summed E-state index contributed by atoms with van der Waals surface area (Å²) in [6.45, 7) is 4.33. The molecule has 2 N–H and O–H groups in total. The summed E-state index contributed by atoms with van der Waals surface area (Å²) in [5.41, 5.74) is 8.04. The van der Waals surface area contributed by atoms with E-state index in [1.807, 2.05) is 24.4 Å². The van der Waals surface area contributed by atoms with Gasteiger partial charge in [0.05, 0.1) is 12.3 Å². The third-order valence-electron chi connectivity index (χ3n) is 4.41. The molecule has 0 aromatic carbocycles. The van der Waals surface area contributed by atoms with Crippen LogP contribution in [-0.4, -0.2) is 35.7 Å². The maximum atomic E-state index is 6.00. The van der Waals surface area contributed by atoms with Crippen molar-refractivity contribution < 1.29 is 4.74 Å². The lowest BCUT2D eigenvalue weighted by Gasteiger charge is -2.30. The smallest absolute Gasteiger partial charge is 0.152 e. The van der Waals surface area contributed by atoms with Crippen molar-refractivity contribution >= 4 is 11.5 Å². The summed E-state index contributed by atoms with van der Waals surface area (Å²) in [6, 6.07) is 6.53. The topological polar surface area (TPSA) is 55.8 Å². The molecule has 2 heterocycles. The SMILES string of the molecule is COCCN(c1nc2ccccn2c1CN)C(C)C1CC1. The second kappa shape index (κ2) is 6.03. The monoisotopic (exact) mass is 288 g/mol. The lowest BCUT2D eigenvalue weighted by molar-refractivity contribution is 0.202. The van der Waals surface area contributed by atoms with E-state index < -0.39 is 0 Å². The standard InChI is InChI=1S/C16H24N4O/c1-12(13-6-7-13)19(9-10-21-2)16-14(11-17)20-8-4-3-5-15(20)18-16/h3-5,8,12-13H,6-7,9-11,17H2,1-2H3. The molecule has 0 amide bonds. The molecule has 0 aliphatic heterocycles. The van der Waals surface area contributed by atoms with Gasteiger partial charge in [0.1, 0.15) is 5.65 Å². The zero-order valence-corrected chi connectivity index (χ0v) is 12.8. The van der Waals surface area contributed by atoms with E-state index in [0.717, 1.165) is 29.6 Å². The van der Waals surface area contributed by atoms with Gasteiger partial charge in [-0.2, -0.15) is 0 Å². The van der Waals surface area contributed by atoms with Crippen LogP contribution in [0.15, 0.2) is 24.4 Å². The molecule has 1 unspecified atom stereocenters. The molecule has 1 saturated carbocycles. The number of ether oxygens (including phenoxy) is 1. The summed E-state index contributed by atoms with van der Waals surface area (Å²) in [6.07, 6.45) is 4.66. The van der Waals surface area contributed by atoms with Crippen LogP contribution in [-0.2, 0) is 11.3 Å². The van der Waals surface area contributed by atoms with Crippen LogP contribution in [0, 0.1) is 5.92 Å². The highest BCUT2D eigenvalue weighted by Crippen LogP contribution is 2.37. The van der Waals surface area contributed by atoms with E-state index in [4.69, 9.17) is 15.5 Å². The molecule has 0 saturated heterocycles. The first-order chi connectivity index (χ1) is 10.3. The number of aromatic nitrogens is 2. The second-order valence-electron chi connectivity index (χ2n) is 5.78. The van der Waals surface area contributed by atoms with Crippen molar-refractivity contribution in [2.24, 2.45) is 11.7 Å². The predicted octanol–water partition coefficient (Wildman–Crippen LogP) is 2.04. The van der Waals surface area contributed by atoms with Crippen molar-refractivity contribution in [3.63, 3.8) is 0 Å². The minimum Gasteiger partial charge on any atom is -0.383 e. The summed E-state index contributed by atoms with van der Waals surface area (Å²) in [5, 5.41) is 0. The minimum atomic E-state index is 0.482. The van der Waals surface area contributed by atoms with Gasteiger partial charge in [0, 0.05) is 32.4 Å². The molecule has 2 aromatic rings. The van der Waals surface area contributed by atoms with E-state index in [1.54, 1.807) is 7.11 Å². The van der Waals surface area contributed by atoms with E-state index >= 15 is 0 Å². The number of hydrogen-bond donors (Lipinski definition) is 1. The van der Waals surface area contributed by atoms with Gasteiger partial charge >= 0.3 is 0 Å². The quantitative estimate of drug-likeness (QED) is 0.847. The van der Waals surface area contributed by atoms with Crippen molar-refractivity contribution in [2.45, 2.75) is 32.4 Å². The predicted molar refractivity (Wildman–Crippen MR) is 84.5 cm³/mol. The first-order valence-corrected chi connectivity index (χ1v) is 7.68. The minimum absolute atomic E-state index is 0.482. The zero-order valence-electron chi connectivity index (χ0n) is 12.8. The second-order valence-corrected chi connectivity index (χ2v) is 5.78. The summed E-state index contributed by atoms with van der Waals surface area (Å²) in [4.78, 5) is 7.19. The average molecular weight is 288 g/mol. The van der Waals surface area contributed by atoms with Gasteiger partial charge in [0.25, 0.3) is 0 Å². The highest BCUT2D eigenvalue weighted by Gasteiger charge is 2.34. The number of fused-ring (bicyclic) bond motifs is 1. The molecule has 0 spiro atoms. The molecule has 1 atom stereocenters. The van der Waals surface area contributed by atoms with E-state index in [1.165, 1.54) is 12.8 Å². The average Bonchev–Trinajstić information content (AvgIpc) is 3.28. The number of methoxy groups -OCH3 is 1. The fourth-order valence-corrected chi connectivity index (χ4v) is 2.98. The van der Waals surface area contributed by atoms with E-state index in [2.05, 4.69) is 16.2 Å². The third kappa shape index (κ3) is 2.76. The molecular weight excluding hydrogens is 264 g/mol. The van der Waals surface area contributed by atoms with Crippen molar-refractivity contribution in [2.75, 3.05) is 25.2 Å². The van der Waals surface area contributed by atoms with Gasteiger partial charge in [-0.15, -0.1) is 0 Å². The summed E-state index contributed by atoms with van der Waals surface area (Å²) >= 11 is 0. The molecule has 5 nitrogen and oxygen atoms in total. The maximum absolute atomic E-state index is 6.00. The van der Waals surface area contributed by atoms with Crippen LogP contribution in [0.1, 0.15) is 25.5 Å². The Morgan fingerprint density at radius 2 is 2.29 bits per heavy atom. The van der Waals surface area contributed by atoms with Crippen LogP contribution in [0.4, 0.5) is 5.82 Å². The van der Waals surface area contributed by atoms with Crippen LogP contribution in [0.2, 0.25) is 0 Å². The van der Waals surface area contributed by atoms with E-state index in [0.29, 0.717) is 19.2 Å². The normalized spacial score (nSPS) is 16.3. The van der Waals surface area contributed by atoms with Gasteiger partial charge in [-0.25, -0.2) is 4.98 Å². The van der Waals surface area contributed by atoms with E-state index in [-0.39, 0.29) is 0 Å². The first-order valence-electron chi connectivity index (χ1n) is 7.68. The molecule has 0 bridgehead atoms. The fourth-order valence-electron chi connectivity index (χ4n) is 2.98. The molecule has 1 aliphatic carbocycles. The first kappa shape index (κ1) is 14.4. The number of pyridine rings is 1. The largest absolute Gasteiger partial charge is 0.383 e. The summed E-state index contributed by atoms with van der Waals surface area (Å²) < 4.78 is 7.38. The number of nitrogens with two attached hydrogens (primary N) is 1. The maximum Gasteiger partial charge on any atom is 0.152 e. The molecule has 3 rings (SSSR count). The van der Waals surface area contributed by atoms with Crippen molar-refractivity contribution in [3.05, 3.63) is 30.1 Å². The van der Waals surface area contributed by atoms with Gasteiger partial charge in [-0.05, 0) is 37.8 Å². The highest BCUT2D eigenvalue weighted by atomic mass is 16.5. The van der Waals surface area contributed by atoms with Gasteiger partial charge in [0.15, 0.2) is 5.82 Å². The van der Waals surface area contributed by atoms with Crippen LogP contribution < -0.4 is 10.6 Å². The van der Waals surface area contributed by atoms with Gasteiger partial charge in [0.2, 0.25) is 0 Å². The Balaban J connectivity index is 2.00. The summed E-state index contributed by atoms with van der Waals surface area (Å²) in [5.74, 6) is 1.79. The Hall–Kier alpha value is -1.59.